The van der Waals surface area contributed by atoms with Crippen LogP contribution in [0.15, 0.2) is 29.4 Å². The van der Waals surface area contributed by atoms with Crippen molar-refractivity contribution in [1.82, 2.24) is 9.38 Å². The molecule has 2 aromatic rings. The molecule has 2 rings (SSSR count). The zero-order chi connectivity index (χ0) is 12.3. The van der Waals surface area contributed by atoms with E-state index in [4.69, 9.17) is 5.73 Å². The van der Waals surface area contributed by atoms with Crippen molar-refractivity contribution in [3.63, 3.8) is 0 Å². The molecule has 2 aromatic heterocycles. The molecule has 17 heavy (non-hydrogen) atoms. The molecule has 0 unspecified atom stereocenters. The number of aromatic nitrogens is 2. The highest BCUT2D eigenvalue weighted by Gasteiger charge is 2.10. The SMILES string of the molecule is CC(C)CCSc1nc2ccccn2c1CN. The van der Waals surface area contributed by atoms with Gasteiger partial charge in [0.15, 0.2) is 0 Å². The Morgan fingerprint density at radius 1 is 1.41 bits per heavy atom. The maximum Gasteiger partial charge on any atom is 0.138 e. The number of hydrogen-bond donors (Lipinski definition) is 1. The minimum absolute atomic E-state index is 0.537. The maximum atomic E-state index is 5.82. The lowest BCUT2D eigenvalue weighted by molar-refractivity contribution is 0.632. The summed E-state index contributed by atoms with van der Waals surface area (Å²) >= 11 is 1.81. The summed E-state index contributed by atoms with van der Waals surface area (Å²) in [6.45, 7) is 5.03. The first-order valence-electron chi connectivity index (χ1n) is 6.01. The van der Waals surface area contributed by atoms with Crippen LogP contribution in [0.1, 0.15) is 26.0 Å². The van der Waals surface area contributed by atoms with Gasteiger partial charge >= 0.3 is 0 Å². The standard InChI is InChI=1S/C13H19N3S/c1-10(2)6-8-17-13-11(9-14)16-7-4-3-5-12(16)15-13/h3-5,7,10H,6,8-9,14H2,1-2H3. The molecule has 0 bridgehead atoms. The molecule has 2 N–H and O–H groups in total. The molecular formula is C13H19N3S. The van der Waals surface area contributed by atoms with Crippen molar-refractivity contribution >= 4 is 17.4 Å². The van der Waals surface area contributed by atoms with Gasteiger partial charge in [0, 0.05) is 12.7 Å². The number of hydrogen-bond acceptors (Lipinski definition) is 3. The second-order valence-corrected chi connectivity index (χ2v) is 5.61. The first kappa shape index (κ1) is 12.5. The van der Waals surface area contributed by atoms with Crippen molar-refractivity contribution in [3.8, 4) is 0 Å². The van der Waals surface area contributed by atoms with E-state index in [1.165, 1.54) is 6.42 Å². The lowest BCUT2D eigenvalue weighted by Gasteiger charge is -2.04. The van der Waals surface area contributed by atoms with Crippen molar-refractivity contribution in [2.75, 3.05) is 5.75 Å². The molecule has 2 heterocycles. The molecule has 0 atom stereocenters. The second kappa shape index (κ2) is 5.56. The number of imidazole rings is 1. The van der Waals surface area contributed by atoms with E-state index in [0.717, 1.165) is 28.0 Å². The van der Waals surface area contributed by atoms with E-state index in [9.17, 15) is 0 Å². The van der Waals surface area contributed by atoms with Crippen LogP contribution in [-0.4, -0.2) is 15.1 Å². The molecule has 0 saturated carbocycles. The topological polar surface area (TPSA) is 43.3 Å². The van der Waals surface area contributed by atoms with E-state index in [1.54, 1.807) is 0 Å². The average molecular weight is 249 g/mol. The van der Waals surface area contributed by atoms with Gasteiger partial charge in [-0.3, -0.25) is 0 Å². The third kappa shape index (κ3) is 2.82. The lowest BCUT2D eigenvalue weighted by Crippen LogP contribution is -2.02. The van der Waals surface area contributed by atoms with Crippen LogP contribution in [0.2, 0.25) is 0 Å². The number of fused-ring (bicyclic) bond motifs is 1. The molecule has 0 fully saturated rings. The number of thioether (sulfide) groups is 1. The fourth-order valence-electron chi connectivity index (χ4n) is 1.72. The summed E-state index contributed by atoms with van der Waals surface area (Å²) in [5, 5.41) is 1.08. The Morgan fingerprint density at radius 3 is 2.94 bits per heavy atom. The van der Waals surface area contributed by atoms with E-state index in [2.05, 4.69) is 23.2 Å². The van der Waals surface area contributed by atoms with Crippen LogP contribution in [0.3, 0.4) is 0 Å². The molecule has 0 aromatic carbocycles. The molecule has 0 aliphatic carbocycles. The van der Waals surface area contributed by atoms with Gasteiger partial charge in [-0.1, -0.05) is 19.9 Å². The Morgan fingerprint density at radius 2 is 2.24 bits per heavy atom. The number of pyridine rings is 1. The first-order chi connectivity index (χ1) is 8.22. The van der Waals surface area contributed by atoms with E-state index < -0.39 is 0 Å². The Balaban J connectivity index is 2.21. The van der Waals surface area contributed by atoms with E-state index >= 15 is 0 Å². The fraction of sp³-hybridized carbons (Fsp3) is 0.462. The van der Waals surface area contributed by atoms with Crippen LogP contribution >= 0.6 is 11.8 Å². The van der Waals surface area contributed by atoms with Crippen LogP contribution in [0, 0.1) is 5.92 Å². The van der Waals surface area contributed by atoms with Gasteiger partial charge in [0.2, 0.25) is 0 Å². The smallest absolute Gasteiger partial charge is 0.138 e. The van der Waals surface area contributed by atoms with Gasteiger partial charge in [0.1, 0.15) is 10.7 Å². The van der Waals surface area contributed by atoms with Crippen LogP contribution in [0.5, 0.6) is 0 Å². The Bertz CT molecular complexity index is 490. The number of nitrogens with two attached hydrogens (primary N) is 1. The third-order valence-corrected chi connectivity index (χ3v) is 3.76. The highest BCUT2D eigenvalue weighted by molar-refractivity contribution is 7.99. The van der Waals surface area contributed by atoms with Crippen molar-refractivity contribution < 1.29 is 0 Å². The molecule has 4 heteroatoms. The monoisotopic (exact) mass is 249 g/mol. The molecule has 0 aliphatic rings. The molecule has 3 nitrogen and oxygen atoms in total. The second-order valence-electron chi connectivity index (χ2n) is 4.53. The first-order valence-corrected chi connectivity index (χ1v) is 6.99. The summed E-state index contributed by atoms with van der Waals surface area (Å²) < 4.78 is 2.08. The minimum Gasteiger partial charge on any atom is -0.325 e. The van der Waals surface area contributed by atoms with E-state index in [1.807, 2.05) is 36.2 Å². The van der Waals surface area contributed by atoms with Crippen molar-refractivity contribution in [3.05, 3.63) is 30.1 Å². The van der Waals surface area contributed by atoms with Crippen molar-refractivity contribution in [2.45, 2.75) is 31.8 Å². The van der Waals surface area contributed by atoms with Crippen molar-refractivity contribution in [1.29, 1.82) is 0 Å². The minimum atomic E-state index is 0.537. The van der Waals surface area contributed by atoms with Crippen LogP contribution in [0.4, 0.5) is 0 Å². The molecule has 92 valence electrons. The van der Waals surface area contributed by atoms with Gasteiger partial charge in [0.05, 0.1) is 5.69 Å². The molecule has 0 radical (unpaired) electrons. The number of rotatable bonds is 5. The molecule has 0 spiro atoms. The summed E-state index contributed by atoms with van der Waals surface area (Å²) in [6, 6.07) is 6.03. The zero-order valence-corrected chi connectivity index (χ0v) is 11.2. The van der Waals surface area contributed by atoms with Gasteiger partial charge in [-0.2, -0.15) is 0 Å². The summed E-state index contributed by atoms with van der Waals surface area (Å²) in [7, 11) is 0. The summed E-state index contributed by atoms with van der Waals surface area (Å²) in [5.74, 6) is 1.84. The molecular weight excluding hydrogens is 230 g/mol. The van der Waals surface area contributed by atoms with Gasteiger partial charge in [0.25, 0.3) is 0 Å². The molecule has 0 saturated heterocycles. The Hall–Kier alpha value is -1.00. The zero-order valence-electron chi connectivity index (χ0n) is 10.4. The molecule has 0 aliphatic heterocycles. The van der Waals surface area contributed by atoms with Gasteiger partial charge in [-0.25, -0.2) is 4.98 Å². The summed E-state index contributed by atoms with van der Waals surface area (Å²) in [5.41, 5.74) is 7.92. The number of nitrogens with zero attached hydrogens (tertiary/aromatic N) is 2. The van der Waals surface area contributed by atoms with Crippen LogP contribution < -0.4 is 5.73 Å². The average Bonchev–Trinajstić information content (AvgIpc) is 2.66. The Labute approximate surface area is 106 Å². The largest absolute Gasteiger partial charge is 0.325 e. The normalized spacial score (nSPS) is 11.5. The fourth-order valence-corrected chi connectivity index (χ4v) is 3.01. The van der Waals surface area contributed by atoms with Crippen LogP contribution in [0.25, 0.3) is 5.65 Å². The summed E-state index contributed by atoms with van der Waals surface area (Å²) in [6.07, 6.45) is 3.24. The summed E-state index contributed by atoms with van der Waals surface area (Å²) in [4.78, 5) is 4.63. The lowest BCUT2D eigenvalue weighted by atomic mass is 10.2. The van der Waals surface area contributed by atoms with Crippen LogP contribution in [-0.2, 0) is 6.54 Å². The Kier molecular flexibility index (Phi) is 4.07. The van der Waals surface area contributed by atoms with E-state index in [-0.39, 0.29) is 0 Å². The van der Waals surface area contributed by atoms with Gasteiger partial charge in [-0.15, -0.1) is 11.8 Å². The molecule has 0 amide bonds. The van der Waals surface area contributed by atoms with Gasteiger partial charge < -0.3 is 10.1 Å². The maximum absolute atomic E-state index is 5.82. The third-order valence-electron chi connectivity index (χ3n) is 2.72. The van der Waals surface area contributed by atoms with E-state index in [0.29, 0.717) is 6.54 Å². The highest BCUT2D eigenvalue weighted by Crippen LogP contribution is 2.24. The van der Waals surface area contributed by atoms with Gasteiger partial charge in [-0.05, 0) is 30.2 Å². The quantitative estimate of drug-likeness (QED) is 0.829. The highest BCUT2D eigenvalue weighted by atomic mass is 32.2. The van der Waals surface area contributed by atoms with Crippen molar-refractivity contribution in [2.24, 2.45) is 11.7 Å². The predicted octanol–water partition coefficient (Wildman–Crippen LogP) is 2.93. The predicted molar refractivity (Wildman–Crippen MR) is 73.3 cm³/mol.